The average Bonchev–Trinajstić information content (AvgIpc) is 3.43. The van der Waals surface area contributed by atoms with E-state index >= 15 is 0 Å². The number of allylic oxidation sites excluding steroid dienone is 2. The van der Waals surface area contributed by atoms with Crippen molar-refractivity contribution in [2.24, 2.45) is 0 Å². The van der Waals surface area contributed by atoms with E-state index in [0.717, 1.165) is 0 Å². The van der Waals surface area contributed by atoms with Crippen LogP contribution in [-0.4, -0.2) is 0 Å². The average molecular weight is 645 g/mol. The molecular formula is C40H52Fe2. The Hall–Kier alpha value is 0.339. The molecule has 4 saturated carbocycles. The van der Waals surface area contributed by atoms with Crippen LogP contribution in [0.4, 0.5) is 0 Å². The summed E-state index contributed by atoms with van der Waals surface area (Å²) in [5, 5.41) is 0. The third kappa shape index (κ3) is 9.92. The molecule has 4 rings (SSSR count). The summed E-state index contributed by atoms with van der Waals surface area (Å²) >= 11 is 0. The van der Waals surface area contributed by atoms with E-state index in [1.165, 1.54) is 107 Å². The van der Waals surface area contributed by atoms with Gasteiger partial charge in [0, 0.05) is 46.0 Å². The van der Waals surface area contributed by atoms with E-state index in [0.29, 0.717) is 0 Å². The summed E-state index contributed by atoms with van der Waals surface area (Å²) in [5.41, 5.74) is 6.45. The van der Waals surface area contributed by atoms with Crippen LogP contribution in [0.3, 0.4) is 0 Å². The van der Waals surface area contributed by atoms with Crippen molar-refractivity contribution in [3.63, 3.8) is 0 Å². The van der Waals surface area contributed by atoms with E-state index in [2.05, 4.69) is 147 Å². The first-order valence-corrected chi connectivity index (χ1v) is 14.6. The molecule has 0 aromatic rings. The summed E-state index contributed by atoms with van der Waals surface area (Å²) in [6.07, 6.45) is 8.61. The molecule has 4 aliphatic carbocycles. The zero-order chi connectivity index (χ0) is 30.6. The van der Waals surface area contributed by atoms with Gasteiger partial charge >= 0.3 is 0 Å². The van der Waals surface area contributed by atoms with Gasteiger partial charge in [0.1, 0.15) is 0 Å². The summed E-state index contributed by atoms with van der Waals surface area (Å²) < 4.78 is 0. The second-order valence-electron chi connectivity index (χ2n) is 11.9. The summed E-state index contributed by atoms with van der Waals surface area (Å²) in [5.74, 6) is 25.1. The third-order valence-electron chi connectivity index (χ3n) is 9.86. The molecule has 4 fully saturated rings. The van der Waals surface area contributed by atoms with Crippen molar-refractivity contribution in [2.75, 3.05) is 0 Å². The molecule has 0 aromatic carbocycles. The predicted octanol–water partition coefficient (Wildman–Crippen LogP) is 10.9. The van der Waals surface area contributed by atoms with Gasteiger partial charge in [0.15, 0.2) is 0 Å². The van der Waals surface area contributed by atoms with E-state index in [1.54, 1.807) is 0 Å². The maximum Gasteiger partial charge on any atom is 0.0202 e. The summed E-state index contributed by atoms with van der Waals surface area (Å²) in [4.78, 5) is 0. The molecule has 2 heteroatoms. The molecular weight excluding hydrogens is 592 g/mol. The molecule has 0 saturated heterocycles. The Kier molecular flexibility index (Phi) is 18.6. The molecule has 0 aliphatic heterocycles. The zero-order valence-electron chi connectivity index (χ0n) is 29.0. The molecule has 0 atom stereocenters. The Bertz CT molecular complexity index is 743. The first kappa shape index (κ1) is 42.3. The third-order valence-corrected chi connectivity index (χ3v) is 9.86. The van der Waals surface area contributed by atoms with Crippen molar-refractivity contribution in [1.29, 1.82) is 0 Å². The number of hydrogen-bond donors (Lipinski definition) is 0. The van der Waals surface area contributed by atoms with Gasteiger partial charge in [-0.3, -0.25) is 0 Å². The topological polar surface area (TPSA) is 0 Å². The van der Waals surface area contributed by atoms with E-state index in [1.807, 2.05) is 0 Å². The van der Waals surface area contributed by atoms with Gasteiger partial charge in [-0.2, -0.15) is 0 Å². The summed E-state index contributed by atoms with van der Waals surface area (Å²) in [7, 11) is 0. The Morgan fingerprint density at radius 2 is 0.500 bits per heavy atom. The Labute approximate surface area is 286 Å². The van der Waals surface area contributed by atoms with Crippen molar-refractivity contribution in [3.05, 3.63) is 143 Å². The van der Waals surface area contributed by atoms with Gasteiger partial charge in [-0.1, -0.05) is 122 Å². The van der Waals surface area contributed by atoms with E-state index in [4.69, 9.17) is 0 Å². The smallest absolute Gasteiger partial charge is 0.0202 e. The van der Waals surface area contributed by atoms with Gasteiger partial charge in [0.2, 0.25) is 0 Å². The predicted molar refractivity (Wildman–Crippen MR) is 174 cm³/mol. The molecule has 42 heavy (non-hydrogen) atoms. The van der Waals surface area contributed by atoms with Crippen LogP contribution in [0.1, 0.15) is 111 Å². The maximum absolute atomic E-state index is 3.22. The summed E-state index contributed by atoms with van der Waals surface area (Å²) in [6.45, 7) is 34.9. The van der Waals surface area contributed by atoms with Crippen molar-refractivity contribution in [3.8, 4) is 0 Å². The molecule has 0 aromatic heterocycles. The van der Waals surface area contributed by atoms with Crippen LogP contribution >= 0.6 is 0 Å². The number of rotatable bonds is 2. The van der Waals surface area contributed by atoms with E-state index in [-0.39, 0.29) is 34.1 Å². The van der Waals surface area contributed by atoms with Crippen LogP contribution in [0.5, 0.6) is 0 Å². The first-order chi connectivity index (χ1) is 18.5. The first-order valence-electron chi connectivity index (χ1n) is 14.6. The Balaban J connectivity index is 0.000000695. The molecule has 0 amide bonds. The van der Waals surface area contributed by atoms with Crippen LogP contribution in [0, 0.1) is 119 Å². The SMILES string of the molecule is C[C]1[CH][C](C)[C](C)[C]1C.C[C]1[CH][C](C)[C](C)[C]1C.C[C]1[C](C)[C](C)[C](C=C=C=C[C]2[C](C)[C](C)[C](C)[C]2C)[C]1C.[Fe].[Fe]. The minimum absolute atomic E-state index is 0. The molecule has 20 radical (unpaired) electrons. The normalized spacial score (nSPS) is 26.0. The quantitative estimate of drug-likeness (QED) is 0.207. The fraction of sp³-hybridized carbons (Fsp3) is 0.400. The fourth-order valence-electron chi connectivity index (χ4n) is 5.42. The van der Waals surface area contributed by atoms with Crippen LogP contribution in [0.15, 0.2) is 23.6 Å². The number of hydrogen-bond acceptors (Lipinski definition) is 0. The fourth-order valence-corrected chi connectivity index (χ4v) is 5.42. The molecule has 0 spiro atoms. The van der Waals surface area contributed by atoms with Crippen LogP contribution in [0.25, 0.3) is 0 Å². The van der Waals surface area contributed by atoms with Crippen molar-refractivity contribution in [1.82, 2.24) is 0 Å². The van der Waals surface area contributed by atoms with Gasteiger partial charge in [-0.05, 0) is 120 Å². The minimum atomic E-state index is 0. The van der Waals surface area contributed by atoms with Crippen LogP contribution in [0.2, 0.25) is 0 Å². The Morgan fingerprint density at radius 3 is 0.643 bits per heavy atom. The molecule has 0 bridgehead atoms. The molecule has 0 unspecified atom stereocenters. The van der Waals surface area contributed by atoms with Gasteiger partial charge in [0.05, 0.1) is 0 Å². The van der Waals surface area contributed by atoms with Gasteiger partial charge in [-0.25, -0.2) is 0 Å². The van der Waals surface area contributed by atoms with E-state index < -0.39 is 0 Å². The molecule has 0 N–H and O–H groups in total. The zero-order valence-corrected chi connectivity index (χ0v) is 31.2. The van der Waals surface area contributed by atoms with Crippen LogP contribution < -0.4 is 0 Å². The molecule has 0 heterocycles. The molecule has 4 aliphatic rings. The van der Waals surface area contributed by atoms with Crippen molar-refractivity contribution < 1.29 is 34.1 Å². The van der Waals surface area contributed by atoms with Gasteiger partial charge in [0.25, 0.3) is 0 Å². The largest absolute Gasteiger partial charge is 0.0743 e. The molecule has 228 valence electrons. The van der Waals surface area contributed by atoms with Crippen molar-refractivity contribution in [2.45, 2.75) is 111 Å². The van der Waals surface area contributed by atoms with Gasteiger partial charge in [-0.15, -0.1) is 0 Å². The maximum atomic E-state index is 3.22. The van der Waals surface area contributed by atoms with E-state index in [9.17, 15) is 0 Å². The standard InChI is InChI=1S/C22H26.2C9H13.2Fe/c1-13-14(2)18(6)21(17(13)5)11-9-10-12-22-19(7)15(3)16(4)20(22)8;2*1-6-5-7(2)9(4)8(6)3;;/h11-12H,1-8H3;2*5H,1-4H3;;. The molecule has 0 nitrogen and oxygen atoms in total. The minimum Gasteiger partial charge on any atom is -0.0743 e. The second-order valence-corrected chi connectivity index (χ2v) is 11.9. The monoisotopic (exact) mass is 644 g/mol. The Morgan fingerprint density at radius 1 is 0.310 bits per heavy atom. The summed E-state index contributed by atoms with van der Waals surface area (Å²) in [6, 6.07) is 0. The second kappa shape index (κ2) is 18.5. The van der Waals surface area contributed by atoms with Gasteiger partial charge < -0.3 is 0 Å². The van der Waals surface area contributed by atoms with Crippen molar-refractivity contribution >= 4 is 0 Å². The van der Waals surface area contributed by atoms with Crippen LogP contribution in [-0.2, 0) is 34.1 Å².